The SMILES string of the molecule is COCCN(CCO)C(=O)NCC1(CC(=O)O)CCC1. The Labute approximate surface area is 118 Å². The molecule has 116 valence electrons. The number of urea groups is 1. The largest absolute Gasteiger partial charge is 0.481 e. The van der Waals surface area contributed by atoms with Crippen LogP contribution in [0.3, 0.4) is 0 Å². The number of carboxylic acids is 1. The van der Waals surface area contributed by atoms with E-state index < -0.39 is 5.97 Å². The lowest BCUT2D eigenvalue weighted by atomic mass is 9.66. The van der Waals surface area contributed by atoms with Crippen molar-refractivity contribution in [1.29, 1.82) is 0 Å². The van der Waals surface area contributed by atoms with E-state index in [0.29, 0.717) is 19.7 Å². The highest BCUT2D eigenvalue weighted by Crippen LogP contribution is 2.43. The third-order valence-electron chi connectivity index (χ3n) is 3.78. The summed E-state index contributed by atoms with van der Waals surface area (Å²) < 4.78 is 4.92. The number of rotatable bonds is 9. The summed E-state index contributed by atoms with van der Waals surface area (Å²) in [6.45, 7) is 1.29. The molecule has 0 atom stereocenters. The highest BCUT2D eigenvalue weighted by Gasteiger charge is 2.39. The number of carboxylic acid groups (broad SMARTS) is 1. The van der Waals surface area contributed by atoms with Crippen molar-refractivity contribution in [2.45, 2.75) is 25.7 Å². The Kier molecular flexibility index (Phi) is 6.74. The Morgan fingerprint density at radius 3 is 2.50 bits per heavy atom. The van der Waals surface area contributed by atoms with Crippen LogP contribution in [0.25, 0.3) is 0 Å². The van der Waals surface area contributed by atoms with E-state index in [0.717, 1.165) is 19.3 Å². The Morgan fingerprint density at radius 1 is 1.35 bits per heavy atom. The van der Waals surface area contributed by atoms with Gasteiger partial charge in [0.2, 0.25) is 0 Å². The quantitative estimate of drug-likeness (QED) is 0.566. The van der Waals surface area contributed by atoms with Gasteiger partial charge in [0.05, 0.1) is 19.6 Å². The molecule has 1 rings (SSSR count). The van der Waals surface area contributed by atoms with Crippen LogP contribution in [0.4, 0.5) is 4.79 Å². The van der Waals surface area contributed by atoms with Gasteiger partial charge in [0.25, 0.3) is 0 Å². The highest BCUT2D eigenvalue weighted by molar-refractivity contribution is 5.74. The zero-order valence-electron chi connectivity index (χ0n) is 11.9. The molecule has 0 radical (unpaired) electrons. The van der Waals surface area contributed by atoms with E-state index in [1.165, 1.54) is 4.90 Å². The Balaban J connectivity index is 2.44. The molecule has 0 heterocycles. The summed E-state index contributed by atoms with van der Waals surface area (Å²) in [7, 11) is 1.55. The minimum absolute atomic E-state index is 0.0886. The number of aliphatic hydroxyl groups excluding tert-OH is 1. The van der Waals surface area contributed by atoms with Crippen LogP contribution in [0.5, 0.6) is 0 Å². The molecule has 3 N–H and O–H groups in total. The summed E-state index contributed by atoms with van der Waals surface area (Å²) in [5.41, 5.74) is -0.298. The standard InChI is InChI=1S/C13H24N2O5/c1-20-8-6-15(5-7-16)12(19)14-10-13(3-2-4-13)9-11(17)18/h16H,2-10H2,1H3,(H,14,19)(H,17,18). The monoisotopic (exact) mass is 288 g/mol. The van der Waals surface area contributed by atoms with Gasteiger partial charge in [0, 0.05) is 26.7 Å². The number of hydrogen-bond acceptors (Lipinski definition) is 4. The summed E-state index contributed by atoms with van der Waals surface area (Å²) >= 11 is 0. The smallest absolute Gasteiger partial charge is 0.317 e. The van der Waals surface area contributed by atoms with E-state index in [1.807, 2.05) is 0 Å². The van der Waals surface area contributed by atoms with Gasteiger partial charge in [-0.25, -0.2) is 4.79 Å². The summed E-state index contributed by atoms with van der Waals surface area (Å²) in [5, 5.41) is 20.6. The second-order valence-electron chi connectivity index (χ2n) is 5.29. The maximum Gasteiger partial charge on any atom is 0.317 e. The third kappa shape index (κ3) is 4.97. The predicted octanol–water partition coefficient (Wildman–Crippen LogP) is 0.282. The average molecular weight is 288 g/mol. The average Bonchev–Trinajstić information content (AvgIpc) is 2.36. The summed E-state index contributed by atoms with van der Waals surface area (Å²) in [6.07, 6.45) is 2.76. The second kappa shape index (κ2) is 8.06. The molecule has 7 nitrogen and oxygen atoms in total. The fourth-order valence-electron chi connectivity index (χ4n) is 2.43. The zero-order valence-corrected chi connectivity index (χ0v) is 11.9. The van der Waals surface area contributed by atoms with Gasteiger partial charge >= 0.3 is 12.0 Å². The molecule has 0 aromatic heterocycles. The molecule has 0 saturated heterocycles. The van der Waals surface area contributed by atoms with Gasteiger partial charge in [-0.05, 0) is 18.3 Å². The van der Waals surface area contributed by atoms with E-state index in [4.69, 9.17) is 14.9 Å². The Morgan fingerprint density at radius 2 is 2.05 bits per heavy atom. The number of hydrogen-bond donors (Lipinski definition) is 3. The van der Waals surface area contributed by atoms with Crippen LogP contribution < -0.4 is 5.32 Å². The maximum absolute atomic E-state index is 12.0. The number of aliphatic carboxylic acids is 1. The number of carbonyl (C=O) groups is 2. The minimum Gasteiger partial charge on any atom is -0.481 e. The first-order valence-electron chi connectivity index (χ1n) is 6.87. The molecule has 20 heavy (non-hydrogen) atoms. The molecular weight excluding hydrogens is 264 g/mol. The minimum atomic E-state index is -0.828. The molecular formula is C13H24N2O5. The first-order chi connectivity index (χ1) is 9.53. The predicted molar refractivity (Wildman–Crippen MR) is 72.5 cm³/mol. The highest BCUT2D eigenvalue weighted by atomic mass is 16.5. The van der Waals surface area contributed by atoms with Crippen molar-refractivity contribution in [2.75, 3.05) is 40.0 Å². The van der Waals surface area contributed by atoms with Crippen molar-refractivity contribution < 1.29 is 24.5 Å². The lowest BCUT2D eigenvalue weighted by molar-refractivity contribution is -0.141. The van der Waals surface area contributed by atoms with Crippen molar-refractivity contribution in [3.63, 3.8) is 0 Å². The van der Waals surface area contributed by atoms with Crippen molar-refractivity contribution in [3.05, 3.63) is 0 Å². The van der Waals surface area contributed by atoms with E-state index >= 15 is 0 Å². The number of ether oxygens (including phenoxy) is 1. The lowest BCUT2D eigenvalue weighted by Crippen LogP contribution is -2.49. The molecule has 1 fully saturated rings. The van der Waals surface area contributed by atoms with Crippen LogP contribution in [-0.4, -0.2) is 67.1 Å². The zero-order chi connectivity index (χ0) is 15.0. The molecule has 1 aliphatic carbocycles. The van der Waals surface area contributed by atoms with E-state index in [9.17, 15) is 9.59 Å². The molecule has 0 aromatic carbocycles. The first kappa shape index (κ1) is 16.7. The number of nitrogens with zero attached hydrogens (tertiary/aromatic N) is 1. The number of methoxy groups -OCH3 is 1. The fourth-order valence-corrected chi connectivity index (χ4v) is 2.43. The van der Waals surface area contributed by atoms with Crippen molar-refractivity contribution in [1.82, 2.24) is 10.2 Å². The molecule has 2 amide bonds. The van der Waals surface area contributed by atoms with Crippen LogP contribution in [0, 0.1) is 5.41 Å². The molecule has 0 spiro atoms. The maximum atomic E-state index is 12.0. The van der Waals surface area contributed by atoms with Crippen LogP contribution in [0.15, 0.2) is 0 Å². The lowest BCUT2D eigenvalue weighted by Gasteiger charge is -2.41. The number of amides is 2. The summed E-state index contributed by atoms with van der Waals surface area (Å²) in [6, 6.07) is -0.284. The summed E-state index contributed by atoms with van der Waals surface area (Å²) in [4.78, 5) is 24.3. The van der Waals surface area contributed by atoms with Gasteiger partial charge < -0.3 is 25.2 Å². The topological polar surface area (TPSA) is 99.1 Å². The van der Waals surface area contributed by atoms with E-state index in [-0.39, 0.29) is 31.0 Å². The van der Waals surface area contributed by atoms with Crippen LogP contribution in [-0.2, 0) is 9.53 Å². The Hall–Kier alpha value is -1.34. The molecule has 0 unspecified atom stereocenters. The third-order valence-corrected chi connectivity index (χ3v) is 3.78. The van der Waals surface area contributed by atoms with Crippen LogP contribution in [0.1, 0.15) is 25.7 Å². The molecule has 0 aromatic rings. The second-order valence-corrected chi connectivity index (χ2v) is 5.29. The molecule has 7 heteroatoms. The first-order valence-corrected chi connectivity index (χ1v) is 6.87. The van der Waals surface area contributed by atoms with Gasteiger partial charge in [-0.3, -0.25) is 4.79 Å². The van der Waals surface area contributed by atoms with Crippen molar-refractivity contribution >= 4 is 12.0 Å². The number of aliphatic hydroxyl groups is 1. The van der Waals surface area contributed by atoms with Gasteiger partial charge in [0.15, 0.2) is 0 Å². The van der Waals surface area contributed by atoms with Crippen molar-refractivity contribution in [2.24, 2.45) is 5.41 Å². The molecule has 0 bridgehead atoms. The van der Waals surface area contributed by atoms with Crippen LogP contribution >= 0.6 is 0 Å². The van der Waals surface area contributed by atoms with E-state index in [1.54, 1.807) is 7.11 Å². The fraction of sp³-hybridized carbons (Fsp3) is 0.846. The summed E-state index contributed by atoms with van der Waals surface area (Å²) in [5.74, 6) is -0.828. The number of nitrogens with one attached hydrogen (secondary N) is 1. The molecule has 0 aliphatic heterocycles. The van der Waals surface area contributed by atoms with Gasteiger partial charge in [0.1, 0.15) is 0 Å². The Bertz CT molecular complexity index is 331. The van der Waals surface area contributed by atoms with Crippen molar-refractivity contribution in [3.8, 4) is 0 Å². The van der Waals surface area contributed by atoms with Gasteiger partial charge in [-0.1, -0.05) is 6.42 Å². The molecule has 1 aliphatic rings. The van der Waals surface area contributed by atoms with Crippen LogP contribution in [0.2, 0.25) is 0 Å². The molecule has 1 saturated carbocycles. The van der Waals surface area contributed by atoms with Gasteiger partial charge in [-0.15, -0.1) is 0 Å². The van der Waals surface area contributed by atoms with E-state index in [2.05, 4.69) is 5.32 Å². The van der Waals surface area contributed by atoms with Gasteiger partial charge in [-0.2, -0.15) is 0 Å². The number of carbonyl (C=O) groups excluding carboxylic acids is 1. The normalized spacial score (nSPS) is 16.3.